The molecule has 0 radical (unpaired) electrons. The molecule has 4 rings (SSSR count). The van der Waals surface area contributed by atoms with E-state index < -0.39 is 82.5 Å². The van der Waals surface area contributed by atoms with Crippen molar-refractivity contribution in [2.75, 3.05) is 11.5 Å². The van der Waals surface area contributed by atoms with E-state index in [0.29, 0.717) is 0 Å². The molecule has 3 aliphatic rings. The lowest BCUT2D eigenvalue weighted by Gasteiger charge is -2.56. The number of carbonyl (C=O) groups excluding carboxylic acids is 3. The molecule has 3 aliphatic carbocycles. The van der Waals surface area contributed by atoms with Gasteiger partial charge in [-0.1, -0.05) is 6.92 Å². The monoisotopic (exact) mass is 433 g/mol. The predicted octanol–water partition coefficient (Wildman–Crippen LogP) is -1.56. The summed E-state index contributed by atoms with van der Waals surface area (Å²) in [5.74, 6) is -9.43. The van der Waals surface area contributed by atoms with Crippen LogP contribution in [-0.4, -0.2) is 60.8 Å². The molecule has 0 heterocycles. The number of ketones is 2. The highest BCUT2D eigenvalue weighted by molar-refractivity contribution is 6.20. The molecule has 0 saturated heterocycles. The number of nitrogens with two attached hydrogens (primary N) is 3. The van der Waals surface area contributed by atoms with Crippen LogP contribution < -0.4 is 17.2 Å². The Hall–Kier alpha value is -3.15. The number of aliphatic hydroxyl groups is 4. The molecule has 7 atom stereocenters. The molecule has 11 nitrogen and oxygen atoms in total. The zero-order valence-corrected chi connectivity index (χ0v) is 16.4. The van der Waals surface area contributed by atoms with Crippen LogP contribution in [0.5, 0.6) is 5.75 Å². The van der Waals surface area contributed by atoms with Gasteiger partial charge in [0, 0.05) is 23.9 Å². The van der Waals surface area contributed by atoms with E-state index in [0.717, 1.165) is 0 Å². The highest BCUT2D eigenvalue weighted by Gasteiger charge is 2.67. The molecule has 0 spiro atoms. The molecule has 5 unspecified atom stereocenters. The van der Waals surface area contributed by atoms with Crippen LogP contribution in [0.4, 0.5) is 11.4 Å². The van der Waals surface area contributed by atoms with E-state index in [-0.39, 0.29) is 22.5 Å². The number of phenols is 1. The quantitative estimate of drug-likeness (QED) is 0.110. The van der Waals surface area contributed by atoms with Crippen LogP contribution in [0.2, 0.25) is 0 Å². The Balaban J connectivity index is 1.96. The number of phenolic OH excluding ortho intramolecular Hbond substituents is 1. The van der Waals surface area contributed by atoms with Crippen LogP contribution in [0.1, 0.15) is 35.2 Å². The van der Waals surface area contributed by atoms with Crippen LogP contribution in [-0.2, 0) is 9.59 Å². The molecule has 1 aromatic rings. The van der Waals surface area contributed by atoms with E-state index in [9.17, 15) is 39.9 Å². The Kier molecular flexibility index (Phi) is 4.37. The summed E-state index contributed by atoms with van der Waals surface area (Å²) in [5, 5.41) is 54.5. The number of rotatable bonds is 1. The third-order valence-electron chi connectivity index (χ3n) is 7.11. The van der Waals surface area contributed by atoms with E-state index in [4.69, 9.17) is 17.2 Å². The number of nitrogen functional groups attached to an aromatic ring is 2. The van der Waals surface area contributed by atoms with Crippen molar-refractivity contribution in [3.8, 4) is 5.75 Å². The van der Waals surface area contributed by atoms with Gasteiger partial charge in [0.05, 0.1) is 23.3 Å². The van der Waals surface area contributed by atoms with E-state index in [1.54, 1.807) is 6.92 Å². The second-order valence-corrected chi connectivity index (χ2v) is 8.53. The number of primary amides is 1. The normalized spacial score (nSPS) is 37.2. The number of hydrogen-bond donors (Lipinski definition) is 8. The van der Waals surface area contributed by atoms with Gasteiger partial charge < -0.3 is 42.7 Å². The molecule has 31 heavy (non-hydrogen) atoms. The summed E-state index contributed by atoms with van der Waals surface area (Å²) in [6, 6.07) is 1.28. The summed E-state index contributed by atoms with van der Waals surface area (Å²) < 4.78 is 0. The zero-order chi connectivity index (χ0) is 23.2. The first kappa shape index (κ1) is 21.1. The van der Waals surface area contributed by atoms with Gasteiger partial charge in [-0.25, -0.2) is 0 Å². The van der Waals surface area contributed by atoms with Crippen LogP contribution >= 0.6 is 0 Å². The maximum atomic E-state index is 13.4. The first-order chi connectivity index (χ1) is 14.3. The van der Waals surface area contributed by atoms with Crippen LogP contribution in [0.25, 0.3) is 0 Å². The van der Waals surface area contributed by atoms with Gasteiger partial charge in [-0.05, 0) is 17.5 Å². The van der Waals surface area contributed by atoms with Gasteiger partial charge in [0.25, 0.3) is 5.91 Å². The van der Waals surface area contributed by atoms with Gasteiger partial charge in [-0.15, -0.1) is 0 Å². The lowest BCUT2D eigenvalue weighted by Crippen LogP contribution is -2.69. The molecule has 0 aliphatic heterocycles. The lowest BCUT2D eigenvalue weighted by molar-refractivity contribution is -0.209. The predicted molar refractivity (Wildman–Crippen MR) is 106 cm³/mol. The SMILES string of the molecule is C[C@@H]1c2c(N)cc(N)c(O)c2C(=O)C2C1[C@@H](O)C1CC(=O)C(C(N)=O)=C(O)C1(O)C2O. The number of anilines is 2. The smallest absolute Gasteiger partial charge is 0.255 e. The van der Waals surface area contributed by atoms with E-state index in [1.807, 2.05) is 0 Å². The fraction of sp³-hybridized carbons (Fsp3) is 0.450. The van der Waals surface area contributed by atoms with E-state index >= 15 is 0 Å². The molecular formula is C20H23N3O8. The van der Waals surface area contributed by atoms with Crippen molar-refractivity contribution in [3.05, 3.63) is 28.5 Å². The van der Waals surface area contributed by atoms with Gasteiger partial charge >= 0.3 is 0 Å². The Labute approximate surface area is 175 Å². The Morgan fingerprint density at radius 3 is 2.35 bits per heavy atom. The minimum atomic E-state index is -2.69. The molecular weight excluding hydrogens is 410 g/mol. The zero-order valence-electron chi connectivity index (χ0n) is 16.4. The summed E-state index contributed by atoms with van der Waals surface area (Å²) in [5.41, 5.74) is 13.2. The number of hydrogen-bond acceptors (Lipinski definition) is 10. The summed E-state index contributed by atoms with van der Waals surface area (Å²) in [4.78, 5) is 37.4. The summed E-state index contributed by atoms with van der Waals surface area (Å²) >= 11 is 0. The highest BCUT2D eigenvalue weighted by Crippen LogP contribution is 2.57. The number of carbonyl (C=O) groups is 3. The van der Waals surface area contributed by atoms with Gasteiger partial charge in [0.1, 0.15) is 23.2 Å². The van der Waals surface area contributed by atoms with E-state index in [2.05, 4.69) is 0 Å². The third-order valence-corrected chi connectivity index (χ3v) is 7.11. The number of aromatic hydroxyl groups is 1. The molecule has 1 aromatic carbocycles. The third kappa shape index (κ3) is 2.42. The number of benzene rings is 1. The van der Waals surface area contributed by atoms with Crippen molar-refractivity contribution >= 4 is 28.8 Å². The number of amides is 1. The maximum Gasteiger partial charge on any atom is 0.255 e. The van der Waals surface area contributed by atoms with Gasteiger partial charge in [-0.2, -0.15) is 0 Å². The Morgan fingerprint density at radius 1 is 1.16 bits per heavy atom. The van der Waals surface area contributed by atoms with Gasteiger partial charge in [0.2, 0.25) is 0 Å². The fourth-order valence-corrected chi connectivity index (χ4v) is 5.68. The molecule has 1 saturated carbocycles. The lowest BCUT2D eigenvalue weighted by atomic mass is 9.51. The van der Waals surface area contributed by atoms with Crippen molar-refractivity contribution in [2.45, 2.75) is 37.1 Å². The van der Waals surface area contributed by atoms with Crippen molar-refractivity contribution in [1.29, 1.82) is 0 Å². The van der Waals surface area contributed by atoms with Crippen LogP contribution in [0, 0.1) is 17.8 Å². The summed E-state index contributed by atoms with van der Waals surface area (Å²) in [6.07, 6.45) is -4.17. The number of aliphatic hydroxyl groups excluding tert-OH is 3. The van der Waals surface area contributed by atoms with Crippen molar-refractivity contribution in [3.63, 3.8) is 0 Å². The van der Waals surface area contributed by atoms with Gasteiger partial charge in [-0.3, -0.25) is 14.4 Å². The second kappa shape index (κ2) is 6.42. The molecule has 1 amide bonds. The van der Waals surface area contributed by atoms with Crippen LogP contribution in [0.15, 0.2) is 17.4 Å². The second-order valence-electron chi connectivity index (χ2n) is 8.53. The maximum absolute atomic E-state index is 13.4. The number of Topliss-reactive ketones (excluding diaryl/α,β-unsaturated/α-hetero) is 2. The molecule has 0 aromatic heterocycles. The average Bonchev–Trinajstić information content (AvgIpc) is 2.67. The molecule has 0 bridgehead atoms. The standard InChI is InChI=1S/C20H23N3O8/c1-4-9-6(21)3-7(22)15(26)12(9)16(27)13-10(4)14(25)5-2-8(24)11(19(23)30)17(28)20(5,31)18(13)29/h3-5,10,13-14,18,25-26,28-29,31H,2,21-22H2,1H3,(H2,23,30)/t4-,5?,10?,13?,14+,18?,20?/m1/s1. The Morgan fingerprint density at radius 2 is 1.77 bits per heavy atom. The molecule has 166 valence electrons. The fourth-order valence-electron chi connectivity index (χ4n) is 5.68. The van der Waals surface area contributed by atoms with Crippen molar-refractivity contribution in [1.82, 2.24) is 0 Å². The van der Waals surface area contributed by atoms with Crippen LogP contribution in [0.3, 0.4) is 0 Å². The largest absolute Gasteiger partial charge is 0.508 e. The topological polar surface area (TPSA) is 230 Å². The minimum Gasteiger partial charge on any atom is -0.508 e. The first-order valence-electron chi connectivity index (χ1n) is 9.65. The average molecular weight is 433 g/mol. The number of fused-ring (bicyclic) bond motifs is 3. The van der Waals surface area contributed by atoms with E-state index in [1.165, 1.54) is 6.07 Å². The van der Waals surface area contributed by atoms with Crippen molar-refractivity contribution in [2.24, 2.45) is 23.5 Å². The summed E-state index contributed by atoms with van der Waals surface area (Å²) in [7, 11) is 0. The molecule has 1 fully saturated rings. The van der Waals surface area contributed by atoms with Gasteiger partial charge in [0.15, 0.2) is 17.2 Å². The highest BCUT2D eigenvalue weighted by atomic mass is 16.4. The molecule has 11 N–H and O–H groups in total. The van der Waals surface area contributed by atoms with Crippen molar-refractivity contribution < 1.29 is 39.9 Å². The Bertz CT molecular complexity index is 1080. The minimum absolute atomic E-state index is 0.102. The summed E-state index contributed by atoms with van der Waals surface area (Å²) in [6.45, 7) is 1.62. The molecule has 11 heteroatoms. The first-order valence-corrected chi connectivity index (χ1v) is 9.65.